The molecule has 1 aromatic rings. The lowest BCUT2D eigenvalue weighted by Crippen LogP contribution is -2.52. The molecule has 1 N–H and O–H groups in total. The van der Waals surface area contributed by atoms with Gasteiger partial charge in [0, 0.05) is 38.8 Å². The molecular formula is C15H24ClN3O2S. The van der Waals surface area contributed by atoms with E-state index in [0.29, 0.717) is 24.0 Å². The first-order chi connectivity index (χ1) is 10.1. The fraction of sp³-hybridized carbons (Fsp3) is 0.600. The first-order valence-corrected chi connectivity index (χ1v) is 9.03. The Kier molecular flexibility index (Phi) is 5.85. The highest BCUT2D eigenvalue weighted by Crippen LogP contribution is 2.20. The van der Waals surface area contributed by atoms with Crippen LogP contribution in [0.5, 0.6) is 0 Å². The number of rotatable bonds is 3. The van der Waals surface area contributed by atoms with Gasteiger partial charge in [0.25, 0.3) is 0 Å². The zero-order valence-electron chi connectivity index (χ0n) is 12.9. The summed E-state index contributed by atoms with van der Waals surface area (Å²) in [4.78, 5) is 2.83. The van der Waals surface area contributed by atoms with E-state index in [4.69, 9.17) is 0 Å². The first kappa shape index (κ1) is 17.7. The molecule has 2 aliphatic rings. The summed E-state index contributed by atoms with van der Waals surface area (Å²) < 4.78 is 27.0. The average Bonchev–Trinajstić information content (AvgIpc) is 3.02. The topological polar surface area (TPSA) is 52.7 Å². The Labute approximate surface area is 139 Å². The lowest BCUT2D eigenvalue weighted by molar-refractivity contribution is 0.145. The smallest absolute Gasteiger partial charge is 0.243 e. The minimum absolute atomic E-state index is 0. The van der Waals surface area contributed by atoms with Gasteiger partial charge in [-0.25, -0.2) is 8.42 Å². The van der Waals surface area contributed by atoms with E-state index in [-0.39, 0.29) is 12.4 Å². The van der Waals surface area contributed by atoms with E-state index in [1.807, 2.05) is 19.1 Å². The summed E-state index contributed by atoms with van der Waals surface area (Å²) in [6.45, 7) is 6.87. The van der Waals surface area contributed by atoms with Crippen LogP contribution in [0.2, 0.25) is 0 Å². The molecule has 2 aliphatic heterocycles. The van der Waals surface area contributed by atoms with Crippen molar-refractivity contribution in [1.82, 2.24) is 14.5 Å². The second-order valence-corrected chi connectivity index (χ2v) is 7.84. The Hall–Kier alpha value is -0.660. The van der Waals surface area contributed by atoms with Gasteiger partial charge in [0.15, 0.2) is 0 Å². The van der Waals surface area contributed by atoms with Crippen molar-refractivity contribution in [2.45, 2.75) is 24.3 Å². The van der Waals surface area contributed by atoms with E-state index in [1.54, 1.807) is 16.4 Å². The number of aryl methyl sites for hydroxylation is 1. The highest BCUT2D eigenvalue weighted by Gasteiger charge is 2.31. The van der Waals surface area contributed by atoms with Crippen LogP contribution in [-0.2, 0) is 10.0 Å². The molecule has 22 heavy (non-hydrogen) atoms. The van der Waals surface area contributed by atoms with Gasteiger partial charge in [-0.05, 0) is 37.6 Å². The second kappa shape index (κ2) is 7.27. The standard InChI is InChI=1S/C15H23N3O2S.ClH/c1-13-3-2-4-15(11-13)21(19,20)18-9-7-17(8-10-18)14-5-6-16-12-14;/h2-4,11,14,16H,5-10,12H2,1H3;1H. The van der Waals surface area contributed by atoms with Gasteiger partial charge in [-0.3, -0.25) is 4.90 Å². The van der Waals surface area contributed by atoms with Crippen molar-refractivity contribution in [3.05, 3.63) is 29.8 Å². The van der Waals surface area contributed by atoms with Crippen LogP contribution in [0, 0.1) is 6.92 Å². The summed E-state index contributed by atoms with van der Waals surface area (Å²) >= 11 is 0. The molecule has 0 aromatic heterocycles. The van der Waals surface area contributed by atoms with Crippen LogP contribution in [0.1, 0.15) is 12.0 Å². The maximum atomic E-state index is 12.7. The van der Waals surface area contributed by atoms with Gasteiger partial charge in [-0.2, -0.15) is 4.31 Å². The molecule has 7 heteroatoms. The van der Waals surface area contributed by atoms with Crippen LogP contribution >= 0.6 is 12.4 Å². The molecule has 5 nitrogen and oxygen atoms in total. The van der Waals surface area contributed by atoms with E-state index in [9.17, 15) is 8.42 Å². The molecule has 0 bridgehead atoms. The number of hydrogen-bond donors (Lipinski definition) is 1. The van der Waals surface area contributed by atoms with Crippen molar-refractivity contribution in [3.8, 4) is 0 Å². The predicted octanol–water partition coefficient (Wildman–Crippen LogP) is 1.09. The van der Waals surface area contributed by atoms with Crippen LogP contribution in [0.4, 0.5) is 0 Å². The molecule has 0 saturated carbocycles. The van der Waals surface area contributed by atoms with E-state index < -0.39 is 10.0 Å². The Balaban J connectivity index is 0.00000176. The molecule has 0 amide bonds. The maximum absolute atomic E-state index is 12.7. The van der Waals surface area contributed by atoms with Crippen LogP contribution in [0.15, 0.2) is 29.2 Å². The summed E-state index contributed by atoms with van der Waals surface area (Å²) in [7, 11) is -3.34. The Morgan fingerprint density at radius 1 is 1.18 bits per heavy atom. The molecule has 0 radical (unpaired) electrons. The van der Waals surface area contributed by atoms with Gasteiger partial charge in [0.2, 0.25) is 10.0 Å². The van der Waals surface area contributed by atoms with Crippen molar-refractivity contribution in [3.63, 3.8) is 0 Å². The van der Waals surface area contributed by atoms with Gasteiger partial charge >= 0.3 is 0 Å². The molecule has 2 heterocycles. The largest absolute Gasteiger partial charge is 0.315 e. The number of nitrogens with zero attached hydrogens (tertiary/aromatic N) is 2. The van der Waals surface area contributed by atoms with E-state index >= 15 is 0 Å². The number of halogens is 1. The summed E-state index contributed by atoms with van der Waals surface area (Å²) in [5.41, 5.74) is 0.978. The molecule has 1 aromatic carbocycles. The van der Waals surface area contributed by atoms with Crippen molar-refractivity contribution in [2.75, 3.05) is 39.3 Å². The third kappa shape index (κ3) is 3.63. The van der Waals surface area contributed by atoms with Crippen LogP contribution in [0.3, 0.4) is 0 Å². The SMILES string of the molecule is Cc1cccc(S(=O)(=O)N2CCN(C3CCNC3)CC2)c1.Cl. The highest BCUT2D eigenvalue weighted by molar-refractivity contribution is 7.89. The quantitative estimate of drug-likeness (QED) is 0.891. The van der Waals surface area contributed by atoms with Crippen LogP contribution < -0.4 is 5.32 Å². The molecule has 2 saturated heterocycles. The summed E-state index contributed by atoms with van der Waals surface area (Å²) in [5.74, 6) is 0. The average molecular weight is 346 g/mol. The zero-order valence-corrected chi connectivity index (χ0v) is 14.5. The first-order valence-electron chi connectivity index (χ1n) is 7.59. The van der Waals surface area contributed by atoms with Crippen LogP contribution in [-0.4, -0.2) is 62.9 Å². The predicted molar refractivity (Wildman–Crippen MR) is 90.0 cm³/mol. The number of benzene rings is 1. The van der Waals surface area contributed by atoms with Gasteiger partial charge in [0.1, 0.15) is 0 Å². The summed E-state index contributed by atoms with van der Waals surface area (Å²) in [5, 5.41) is 3.37. The van der Waals surface area contributed by atoms with Crippen LogP contribution in [0.25, 0.3) is 0 Å². The van der Waals surface area contributed by atoms with Crippen molar-refractivity contribution in [2.24, 2.45) is 0 Å². The van der Waals surface area contributed by atoms with Crippen molar-refractivity contribution >= 4 is 22.4 Å². The van der Waals surface area contributed by atoms with Gasteiger partial charge in [0.05, 0.1) is 4.90 Å². The lowest BCUT2D eigenvalue weighted by atomic mass is 10.2. The molecule has 1 unspecified atom stereocenters. The monoisotopic (exact) mass is 345 g/mol. The normalized spacial score (nSPS) is 24.1. The lowest BCUT2D eigenvalue weighted by Gasteiger charge is -2.37. The number of sulfonamides is 1. The van der Waals surface area contributed by atoms with E-state index in [0.717, 1.165) is 31.7 Å². The summed E-state index contributed by atoms with van der Waals surface area (Å²) in [6.07, 6.45) is 1.17. The molecule has 0 spiro atoms. The van der Waals surface area contributed by atoms with Crippen molar-refractivity contribution < 1.29 is 8.42 Å². The van der Waals surface area contributed by atoms with Gasteiger partial charge in [-0.1, -0.05) is 12.1 Å². The minimum atomic E-state index is -3.34. The van der Waals surface area contributed by atoms with Gasteiger partial charge in [-0.15, -0.1) is 12.4 Å². The third-order valence-electron chi connectivity index (χ3n) is 4.45. The Morgan fingerprint density at radius 3 is 2.50 bits per heavy atom. The number of hydrogen-bond acceptors (Lipinski definition) is 4. The maximum Gasteiger partial charge on any atom is 0.243 e. The molecule has 1 atom stereocenters. The van der Waals surface area contributed by atoms with E-state index in [1.165, 1.54) is 6.42 Å². The number of nitrogens with one attached hydrogen (secondary N) is 1. The highest BCUT2D eigenvalue weighted by atomic mass is 35.5. The molecule has 124 valence electrons. The minimum Gasteiger partial charge on any atom is -0.315 e. The molecule has 2 fully saturated rings. The third-order valence-corrected chi connectivity index (χ3v) is 6.35. The van der Waals surface area contributed by atoms with E-state index in [2.05, 4.69) is 10.2 Å². The Bertz CT molecular complexity index is 595. The molecule has 3 rings (SSSR count). The second-order valence-electron chi connectivity index (χ2n) is 5.90. The fourth-order valence-electron chi connectivity index (χ4n) is 3.19. The molecule has 0 aliphatic carbocycles. The fourth-order valence-corrected chi connectivity index (χ4v) is 4.71. The van der Waals surface area contributed by atoms with Gasteiger partial charge < -0.3 is 5.32 Å². The summed E-state index contributed by atoms with van der Waals surface area (Å²) in [6, 6.07) is 7.75. The number of piperazine rings is 1. The van der Waals surface area contributed by atoms with Crippen molar-refractivity contribution in [1.29, 1.82) is 0 Å². The Morgan fingerprint density at radius 2 is 1.91 bits per heavy atom. The zero-order chi connectivity index (χ0) is 14.9. The molecular weight excluding hydrogens is 322 g/mol.